The van der Waals surface area contributed by atoms with E-state index in [0.717, 1.165) is 43.3 Å². The molecule has 0 aliphatic carbocycles. The molecule has 2 aromatic rings. The summed E-state index contributed by atoms with van der Waals surface area (Å²) in [5, 5.41) is 0. The Bertz CT molecular complexity index is 598. The number of aromatic nitrogens is 1. The van der Waals surface area contributed by atoms with E-state index in [0.29, 0.717) is 12.5 Å². The third-order valence-corrected chi connectivity index (χ3v) is 4.05. The van der Waals surface area contributed by atoms with Crippen molar-refractivity contribution >= 4 is 6.41 Å². The highest BCUT2D eigenvalue weighted by Gasteiger charge is 2.22. The molecular formula is C18H20N2O2. The number of carbonyl (C=O) groups is 1. The molecule has 1 saturated heterocycles. The number of amides is 1. The molecule has 0 radical (unpaired) electrons. The van der Waals surface area contributed by atoms with Crippen molar-refractivity contribution in [3.63, 3.8) is 0 Å². The quantitative estimate of drug-likeness (QED) is 0.795. The van der Waals surface area contributed by atoms with Crippen LogP contribution in [-0.2, 0) is 11.4 Å². The van der Waals surface area contributed by atoms with Gasteiger partial charge in [0.25, 0.3) is 0 Å². The Morgan fingerprint density at radius 3 is 2.77 bits per heavy atom. The zero-order valence-electron chi connectivity index (χ0n) is 12.5. The summed E-state index contributed by atoms with van der Waals surface area (Å²) in [6.07, 6.45) is 6.02. The van der Waals surface area contributed by atoms with Crippen LogP contribution in [0.25, 0.3) is 0 Å². The van der Waals surface area contributed by atoms with Crippen LogP contribution in [-0.4, -0.2) is 22.8 Å². The first-order valence-electron chi connectivity index (χ1n) is 7.70. The molecule has 1 aliphatic heterocycles. The van der Waals surface area contributed by atoms with Gasteiger partial charge in [-0.25, -0.2) is 4.98 Å². The van der Waals surface area contributed by atoms with Gasteiger partial charge in [-0.15, -0.1) is 0 Å². The maximum Gasteiger partial charge on any atom is 0.213 e. The topological polar surface area (TPSA) is 42.4 Å². The van der Waals surface area contributed by atoms with Crippen molar-refractivity contribution in [2.45, 2.75) is 31.9 Å². The van der Waals surface area contributed by atoms with E-state index < -0.39 is 0 Å². The van der Waals surface area contributed by atoms with Crippen molar-refractivity contribution in [2.24, 2.45) is 0 Å². The molecule has 4 nitrogen and oxygen atoms in total. The van der Waals surface area contributed by atoms with Gasteiger partial charge in [0.1, 0.15) is 6.61 Å². The van der Waals surface area contributed by atoms with Gasteiger partial charge < -0.3 is 9.64 Å². The molecule has 1 aromatic heterocycles. The monoisotopic (exact) mass is 296 g/mol. The highest BCUT2D eigenvalue weighted by Crippen LogP contribution is 2.29. The van der Waals surface area contributed by atoms with Crippen molar-refractivity contribution in [1.29, 1.82) is 0 Å². The number of ether oxygens (including phenoxy) is 1. The first-order chi connectivity index (χ1) is 10.9. The molecule has 1 aliphatic rings. The molecule has 1 fully saturated rings. The standard InChI is InChI=1S/C18H20N2O2/c21-14-20-11-5-4-8-17(20)16-9-10-18(19-12-16)22-13-15-6-2-1-3-7-15/h1-3,6-7,9-10,12,14,17H,4-5,8,11,13H2/t17-/m0/s1. The van der Waals surface area contributed by atoms with Crippen molar-refractivity contribution in [3.8, 4) is 5.88 Å². The number of hydrogen-bond donors (Lipinski definition) is 0. The van der Waals surface area contributed by atoms with Crippen LogP contribution in [0.3, 0.4) is 0 Å². The summed E-state index contributed by atoms with van der Waals surface area (Å²) >= 11 is 0. The second-order valence-electron chi connectivity index (χ2n) is 5.56. The van der Waals surface area contributed by atoms with Crippen LogP contribution < -0.4 is 4.74 Å². The van der Waals surface area contributed by atoms with Gasteiger partial charge in [0.05, 0.1) is 6.04 Å². The summed E-state index contributed by atoms with van der Waals surface area (Å²) in [6, 6.07) is 14.1. The minimum Gasteiger partial charge on any atom is -0.473 e. The lowest BCUT2D eigenvalue weighted by atomic mass is 9.97. The van der Waals surface area contributed by atoms with E-state index in [9.17, 15) is 4.79 Å². The third kappa shape index (κ3) is 3.45. The average Bonchev–Trinajstić information content (AvgIpc) is 2.61. The molecule has 0 bridgehead atoms. The van der Waals surface area contributed by atoms with E-state index in [4.69, 9.17) is 4.74 Å². The lowest BCUT2D eigenvalue weighted by molar-refractivity contribution is -0.121. The van der Waals surface area contributed by atoms with Gasteiger partial charge >= 0.3 is 0 Å². The van der Waals surface area contributed by atoms with E-state index in [2.05, 4.69) is 4.98 Å². The summed E-state index contributed by atoms with van der Waals surface area (Å²) in [6.45, 7) is 1.34. The molecule has 1 amide bonds. The fraction of sp³-hybridized carbons (Fsp3) is 0.333. The number of pyridine rings is 1. The van der Waals surface area contributed by atoms with Crippen molar-refractivity contribution in [2.75, 3.05) is 6.54 Å². The summed E-state index contributed by atoms with van der Waals surface area (Å²) in [4.78, 5) is 17.4. The van der Waals surface area contributed by atoms with Crippen LogP contribution in [0.1, 0.15) is 36.4 Å². The van der Waals surface area contributed by atoms with Crippen LogP contribution in [0.4, 0.5) is 0 Å². The van der Waals surface area contributed by atoms with E-state index in [-0.39, 0.29) is 6.04 Å². The maximum absolute atomic E-state index is 11.2. The van der Waals surface area contributed by atoms with Gasteiger partial charge in [-0.1, -0.05) is 36.4 Å². The molecule has 114 valence electrons. The first kappa shape index (κ1) is 14.6. The Labute approximate surface area is 130 Å². The number of carbonyl (C=O) groups excluding carboxylic acids is 1. The van der Waals surface area contributed by atoms with Crippen LogP contribution in [0.2, 0.25) is 0 Å². The summed E-state index contributed by atoms with van der Waals surface area (Å²) in [5.41, 5.74) is 2.20. The van der Waals surface area contributed by atoms with Crippen LogP contribution in [0, 0.1) is 0 Å². The predicted molar refractivity (Wildman–Crippen MR) is 84.4 cm³/mol. The maximum atomic E-state index is 11.2. The van der Waals surface area contributed by atoms with Crippen molar-refractivity contribution < 1.29 is 9.53 Å². The van der Waals surface area contributed by atoms with Gasteiger partial charge in [0.15, 0.2) is 0 Å². The fourth-order valence-electron chi connectivity index (χ4n) is 2.84. The van der Waals surface area contributed by atoms with Gasteiger partial charge in [-0.3, -0.25) is 4.79 Å². The highest BCUT2D eigenvalue weighted by molar-refractivity contribution is 5.49. The largest absolute Gasteiger partial charge is 0.473 e. The molecule has 0 saturated carbocycles. The number of piperidine rings is 1. The van der Waals surface area contributed by atoms with Gasteiger partial charge in [0, 0.05) is 18.8 Å². The minimum atomic E-state index is 0.155. The van der Waals surface area contributed by atoms with Crippen LogP contribution in [0.5, 0.6) is 5.88 Å². The van der Waals surface area contributed by atoms with Crippen molar-refractivity contribution in [3.05, 3.63) is 59.8 Å². The number of rotatable bonds is 5. The smallest absolute Gasteiger partial charge is 0.213 e. The SMILES string of the molecule is O=CN1CCCC[C@H]1c1ccc(OCc2ccccc2)nc1. The second-order valence-corrected chi connectivity index (χ2v) is 5.56. The fourth-order valence-corrected chi connectivity index (χ4v) is 2.84. The van der Waals surface area contributed by atoms with E-state index >= 15 is 0 Å². The first-order valence-corrected chi connectivity index (χ1v) is 7.70. The molecule has 0 unspecified atom stereocenters. The number of benzene rings is 1. The molecule has 1 atom stereocenters. The Kier molecular flexibility index (Phi) is 4.68. The Hall–Kier alpha value is -2.36. The van der Waals surface area contributed by atoms with E-state index in [1.807, 2.05) is 53.6 Å². The molecule has 2 heterocycles. The number of nitrogens with zero attached hydrogens (tertiary/aromatic N) is 2. The number of likely N-dealkylation sites (tertiary alicyclic amines) is 1. The lowest BCUT2D eigenvalue weighted by Gasteiger charge is -2.32. The summed E-state index contributed by atoms with van der Waals surface area (Å²) < 4.78 is 5.69. The molecule has 0 N–H and O–H groups in total. The van der Waals surface area contributed by atoms with Crippen LogP contribution in [0.15, 0.2) is 48.7 Å². The van der Waals surface area contributed by atoms with Crippen molar-refractivity contribution in [1.82, 2.24) is 9.88 Å². The molecular weight excluding hydrogens is 276 g/mol. The zero-order valence-corrected chi connectivity index (χ0v) is 12.5. The zero-order chi connectivity index (χ0) is 15.2. The van der Waals surface area contributed by atoms with E-state index in [1.54, 1.807) is 0 Å². The molecule has 3 rings (SSSR count). The average molecular weight is 296 g/mol. The lowest BCUT2D eigenvalue weighted by Crippen LogP contribution is -2.32. The summed E-state index contributed by atoms with van der Waals surface area (Å²) in [5.74, 6) is 0.612. The highest BCUT2D eigenvalue weighted by atomic mass is 16.5. The third-order valence-electron chi connectivity index (χ3n) is 4.05. The Morgan fingerprint density at radius 2 is 2.05 bits per heavy atom. The van der Waals surface area contributed by atoms with Gasteiger partial charge in [0.2, 0.25) is 12.3 Å². The Morgan fingerprint density at radius 1 is 1.18 bits per heavy atom. The van der Waals surface area contributed by atoms with Crippen LogP contribution >= 0.6 is 0 Å². The predicted octanol–water partition coefficient (Wildman–Crippen LogP) is 3.34. The minimum absolute atomic E-state index is 0.155. The summed E-state index contributed by atoms with van der Waals surface area (Å²) in [7, 11) is 0. The second kappa shape index (κ2) is 7.07. The Balaban J connectivity index is 1.63. The van der Waals surface area contributed by atoms with Gasteiger partial charge in [-0.2, -0.15) is 0 Å². The number of hydrogen-bond acceptors (Lipinski definition) is 3. The van der Waals surface area contributed by atoms with Gasteiger partial charge in [-0.05, 0) is 30.4 Å². The molecule has 1 aromatic carbocycles. The van der Waals surface area contributed by atoms with E-state index in [1.165, 1.54) is 0 Å². The molecule has 0 spiro atoms. The molecule has 22 heavy (non-hydrogen) atoms. The normalized spacial score (nSPS) is 18.0. The molecule has 4 heteroatoms.